The summed E-state index contributed by atoms with van der Waals surface area (Å²) in [7, 11) is 0. The van der Waals surface area contributed by atoms with Crippen molar-refractivity contribution < 1.29 is 9.59 Å². The van der Waals surface area contributed by atoms with E-state index in [0.29, 0.717) is 12.2 Å². The van der Waals surface area contributed by atoms with Crippen LogP contribution in [0.2, 0.25) is 0 Å². The van der Waals surface area contributed by atoms with Gasteiger partial charge in [-0.25, -0.2) is 4.68 Å². The number of para-hydroxylation sites is 1. The minimum atomic E-state index is -0.219. The smallest absolute Gasteiger partial charge is 0.245 e. The number of anilines is 1. The summed E-state index contributed by atoms with van der Waals surface area (Å²) < 4.78 is 1.78. The number of hydrogen-bond acceptors (Lipinski definition) is 3. The van der Waals surface area contributed by atoms with Gasteiger partial charge in [0.05, 0.1) is 11.4 Å². The zero-order valence-corrected chi connectivity index (χ0v) is 19.5. The molecule has 0 aliphatic rings. The molecule has 6 heteroatoms. The lowest BCUT2D eigenvalue weighted by molar-refractivity contribution is -0.136. The van der Waals surface area contributed by atoms with E-state index in [1.165, 1.54) is 0 Å². The van der Waals surface area contributed by atoms with Gasteiger partial charge in [-0.3, -0.25) is 9.59 Å². The van der Waals surface area contributed by atoms with E-state index in [1.54, 1.807) is 9.58 Å². The average molecular weight is 413 g/mol. The lowest BCUT2D eigenvalue weighted by Crippen LogP contribution is -2.42. The maximum Gasteiger partial charge on any atom is 0.245 e. The summed E-state index contributed by atoms with van der Waals surface area (Å²) in [5.74, 6) is 0.414. The number of aromatic nitrogens is 2. The first-order valence-corrected chi connectivity index (χ1v) is 10.8. The molecule has 0 bridgehead atoms. The molecule has 1 aromatic heterocycles. The van der Waals surface area contributed by atoms with Crippen LogP contribution in [0, 0.1) is 6.92 Å². The number of rotatable bonds is 8. The van der Waals surface area contributed by atoms with E-state index in [-0.39, 0.29) is 29.8 Å². The monoisotopic (exact) mass is 412 g/mol. The molecule has 0 fully saturated rings. The predicted molar refractivity (Wildman–Crippen MR) is 122 cm³/mol. The van der Waals surface area contributed by atoms with Crippen molar-refractivity contribution in [2.45, 2.75) is 79.2 Å². The summed E-state index contributed by atoms with van der Waals surface area (Å²) in [5, 5.41) is 7.77. The molecule has 2 amide bonds. The van der Waals surface area contributed by atoms with Gasteiger partial charge in [-0.15, -0.1) is 0 Å². The van der Waals surface area contributed by atoms with Gasteiger partial charge in [0.25, 0.3) is 0 Å². The topological polar surface area (TPSA) is 67.2 Å². The van der Waals surface area contributed by atoms with Crippen molar-refractivity contribution in [2.24, 2.45) is 0 Å². The van der Waals surface area contributed by atoms with Crippen LogP contribution in [-0.4, -0.2) is 39.1 Å². The van der Waals surface area contributed by atoms with Crippen molar-refractivity contribution in [3.8, 4) is 5.69 Å². The van der Waals surface area contributed by atoms with E-state index in [0.717, 1.165) is 29.8 Å². The second-order valence-corrected chi connectivity index (χ2v) is 9.13. The maximum absolute atomic E-state index is 12.9. The molecule has 1 aromatic carbocycles. The van der Waals surface area contributed by atoms with E-state index < -0.39 is 0 Å². The number of aryl methyl sites for hydroxylation is 1. The minimum Gasteiger partial charge on any atom is -0.331 e. The van der Waals surface area contributed by atoms with E-state index in [2.05, 4.69) is 33.0 Å². The predicted octanol–water partition coefficient (Wildman–Crippen LogP) is 4.84. The number of benzene rings is 1. The molecule has 1 N–H and O–H groups in total. The zero-order valence-electron chi connectivity index (χ0n) is 19.5. The molecule has 0 spiro atoms. The molecule has 30 heavy (non-hydrogen) atoms. The third-order valence-corrected chi connectivity index (χ3v) is 5.09. The standard InChI is InChI=1S/C24H36N4O2/c1-8-9-14-23(30)27(17(2)3)16-22(29)25-21-15-20(24(5,6)7)26-28(21)19-13-11-10-12-18(19)4/h10-13,15,17H,8-9,14,16H2,1-7H3,(H,25,29). The molecule has 2 aromatic rings. The van der Waals surface area contributed by atoms with E-state index in [9.17, 15) is 9.59 Å². The summed E-state index contributed by atoms with van der Waals surface area (Å²) in [6.45, 7) is 14.3. The number of nitrogens with zero attached hydrogens (tertiary/aromatic N) is 3. The highest BCUT2D eigenvalue weighted by molar-refractivity contribution is 5.94. The summed E-state index contributed by atoms with van der Waals surface area (Å²) >= 11 is 0. The summed E-state index contributed by atoms with van der Waals surface area (Å²) in [6, 6.07) is 9.83. The SMILES string of the molecule is CCCCC(=O)N(CC(=O)Nc1cc(C(C)(C)C)nn1-c1ccccc1C)C(C)C. The maximum atomic E-state index is 12.9. The van der Waals surface area contributed by atoms with Crippen molar-refractivity contribution in [1.82, 2.24) is 14.7 Å². The van der Waals surface area contributed by atoms with Crippen LogP contribution in [0.15, 0.2) is 30.3 Å². The van der Waals surface area contributed by atoms with Gasteiger partial charge in [-0.2, -0.15) is 5.10 Å². The van der Waals surface area contributed by atoms with Gasteiger partial charge in [0, 0.05) is 23.9 Å². The molecule has 1 heterocycles. The van der Waals surface area contributed by atoms with Crippen LogP contribution in [0.3, 0.4) is 0 Å². The molecule has 0 aliphatic carbocycles. The van der Waals surface area contributed by atoms with Crippen molar-refractivity contribution in [1.29, 1.82) is 0 Å². The third kappa shape index (κ3) is 5.94. The van der Waals surface area contributed by atoms with Crippen LogP contribution in [0.1, 0.15) is 72.1 Å². The van der Waals surface area contributed by atoms with Crippen molar-refractivity contribution >= 4 is 17.6 Å². The zero-order chi connectivity index (χ0) is 22.5. The fraction of sp³-hybridized carbons (Fsp3) is 0.542. The van der Waals surface area contributed by atoms with Gasteiger partial charge in [0.15, 0.2) is 0 Å². The Bertz CT molecular complexity index is 878. The van der Waals surface area contributed by atoms with Crippen molar-refractivity contribution in [2.75, 3.05) is 11.9 Å². The minimum absolute atomic E-state index is 0.0183. The number of unbranched alkanes of at least 4 members (excludes halogenated alkanes) is 1. The first kappa shape index (κ1) is 23.6. The highest BCUT2D eigenvalue weighted by Gasteiger charge is 2.24. The third-order valence-electron chi connectivity index (χ3n) is 5.09. The number of nitrogens with one attached hydrogen (secondary N) is 1. The van der Waals surface area contributed by atoms with E-state index >= 15 is 0 Å². The average Bonchev–Trinajstić information content (AvgIpc) is 3.08. The van der Waals surface area contributed by atoms with Crippen LogP contribution >= 0.6 is 0 Å². The highest BCUT2D eigenvalue weighted by atomic mass is 16.2. The Morgan fingerprint density at radius 1 is 1.20 bits per heavy atom. The Balaban J connectivity index is 2.30. The van der Waals surface area contributed by atoms with Crippen LogP contribution in [-0.2, 0) is 15.0 Å². The molecular formula is C24H36N4O2. The fourth-order valence-electron chi connectivity index (χ4n) is 3.19. The molecular weight excluding hydrogens is 376 g/mol. The number of hydrogen-bond donors (Lipinski definition) is 1. The first-order valence-electron chi connectivity index (χ1n) is 10.8. The summed E-state index contributed by atoms with van der Waals surface area (Å²) in [6.07, 6.45) is 2.25. The van der Waals surface area contributed by atoms with Crippen LogP contribution < -0.4 is 5.32 Å². The molecule has 0 unspecified atom stereocenters. The fourth-order valence-corrected chi connectivity index (χ4v) is 3.19. The highest BCUT2D eigenvalue weighted by Crippen LogP contribution is 2.27. The summed E-state index contributed by atoms with van der Waals surface area (Å²) in [4.78, 5) is 27.1. The van der Waals surface area contributed by atoms with Gasteiger partial charge in [-0.1, -0.05) is 52.3 Å². The van der Waals surface area contributed by atoms with E-state index in [4.69, 9.17) is 5.10 Å². The largest absolute Gasteiger partial charge is 0.331 e. The lowest BCUT2D eigenvalue weighted by atomic mass is 9.92. The first-order chi connectivity index (χ1) is 14.0. The molecule has 0 saturated heterocycles. The Kier molecular flexibility index (Phi) is 7.82. The number of amides is 2. The summed E-state index contributed by atoms with van der Waals surface area (Å²) in [5.41, 5.74) is 2.71. The Labute approximate surface area is 180 Å². The second-order valence-electron chi connectivity index (χ2n) is 9.13. The number of carbonyl (C=O) groups is 2. The molecule has 0 saturated carbocycles. The van der Waals surface area contributed by atoms with Crippen LogP contribution in [0.25, 0.3) is 5.69 Å². The molecule has 164 valence electrons. The van der Waals surface area contributed by atoms with Crippen LogP contribution in [0.5, 0.6) is 0 Å². The van der Waals surface area contributed by atoms with Gasteiger partial charge < -0.3 is 10.2 Å². The number of carbonyl (C=O) groups excluding carboxylic acids is 2. The Morgan fingerprint density at radius 2 is 1.87 bits per heavy atom. The second kappa shape index (κ2) is 9.92. The van der Waals surface area contributed by atoms with E-state index in [1.807, 2.05) is 51.1 Å². The normalized spacial score (nSPS) is 11.6. The van der Waals surface area contributed by atoms with Crippen molar-refractivity contribution in [3.63, 3.8) is 0 Å². The van der Waals surface area contributed by atoms with Crippen LogP contribution in [0.4, 0.5) is 5.82 Å². The van der Waals surface area contributed by atoms with Gasteiger partial charge in [-0.05, 0) is 38.8 Å². The van der Waals surface area contributed by atoms with Crippen molar-refractivity contribution in [3.05, 3.63) is 41.6 Å². The molecule has 2 rings (SSSR count). The molecule has 0 atom stereocenters. The molecule has 0 aliphatic heterocycles. The van der Waals surface area contributed by atoms with Gasteiger partial charge >= 0.3 is 0 Å². The lowest BCUT2D eigenvalue weighted by Gasteiger charge is -2.26. The Morgan fingerprint density at radius 3 is 2.43 bits per heavy atom. The Hall–Kier alpha value is -2.63. The van der Waals surface area contributed by atoms with Gasteiger partial charge in [0.1, 0.15) is 12.4 Å². The molecule has 0 radical (unpaired) electrons. The van der Waals surface area contributed by atoms with Gasteiger partial charge in [0.2, 0.25) is 11.8 Å². The molecule has 6 nitrogen and oxygen atoms in total. The quantitative estimate of drug-likeness (QED) is 0.674.